The van der Waals surface area contributed by atoms with Crippen molar-refractivity contribution in [3.8, 4) is 11.1 Å². The summed E-state index contributed by atoms with van der Waals surface area (Å²) >= 11 is -8.79. The Balaban J connectivity index is 2.56. The van der Waals surface area contributed by atoms with E-state index in [4.69, 9.17) is 0 Å². The molecule has 0 saturated carbocycles. The van der Waals surface area contributed by atoms with Crippen molar-refractivity contribution >= 4 is 32.2 Å². The summed E-state index contributed by atoms with van der Waals surface area (Å²) in [6.45, 7) is 1.37. The zero-order chi connectivity index (χ0) is 39.7. The van der Waals surface area contributed by atoms with Crippen LogP contribution in [0.15, 0.2) is 24.3 Å². The van der Waals surface area contributed by atoms with E-state index in [0.29, 0.717) is 13.8 Å². The van der Waals surface area contributed by atoms with Crippen molar-refractivity contribution < 1.29 is 108 Å². The van der Waals surface area contributed by atoms with Crippen LogP contribution in [0.5, 0.6) is 0 Å². The molecule has 2 aromatic carbocycles. The van der Waals surface area contributed by atoms with Crippen LogP contribution in [0.2, 0.25) is 0 Å². The Hall–Kier alpha value is -2.67. The molecule has 1 aliphatic heterocycles. The molecule has 0 aromatic heterocycles. The molecule has 0 bridgehead atoms. The SMILES string of the molecule is Cc1cc2c(cc1F)[Se](OS(=O)(=O)C(F)(F)F)(C(F)(F)C(F)(F)C(F)(F)C(F)(F)C(F)(F)C(F)(F)C(F)(F)C(F)(F)F)c1cc(F)c(C)cc1-2. The molecule has 1 aliphatic rings. The topological polar surface area (TPSA) is 43.4 Å². The standard InChI is InChI=1S/C23H10F22O3SSe/c1-7-3-9-10-4-8(2)12(25)6-14(10)50(13(9)5-11(7)24,48-49(46,47)23(43,44)45)22(41,42)20(36,37)18(32,33)16(28,29)15(26,27)17(30,31)19(34,35)21(38,39)40/h3-6H,1-2H3. The van der Waals surface area contributed by atoms with Gasteiger partial charge in [0.15, 0.2) is 0 Å². The van der Waals surface area contributed by atoms with Crippen LogP contribution in [0.3, 0.4) is 0 Å². The van der Waals surface area contributed by atoms with Crippen molar-refractivity contribution in [3.63, 3.8) is 0 Å². The van der Waals surface area contributed by atoms with Gasteiger partial charge in [0.1, 0.15) is 0 Å². The van der Waals surface area contributed by atoms with E-state index in [1.807, 2.05) is 0 Å². The van der Waals surface area contributed by atoms with Crippen LogP contribution >= 0.6 is 0 Å². The summed E-state index contributed by atoms with van der Waals surface area (Å²) in [4.78, 5) is -7.98. The second-order valence-corrected chi connectivity index (χ2v) is 17.8. The Morgan fingerprint density at radius 1 is 0.500 bits per heavy atom. The number of aryl methyl sites for hydroxylation is 2. The van der Waals surface area contributed by atoms with Gasteiger partial charge in [0.05, 0.1) is 0 Å². The number of alkyl halides is 20. The molecule has 27 heteroatoms. The molecule has 0 unspecified atom stereocenters. The van der Waals surface area contributed by atoms with Gasteiger partial charge in [-0.3, -0.25) is 0 Å². The van der Waals surface area contributed by atoms with Gasteiger partial charge in [-0.2, -0.15) is 0 Å². The summed E-state index contributed by atoms with van der Waals surface area (Å²) in [6, 6.07) is -0.815. The van der Waals surface area contributed by atoms with Crippen molar-refractivity contribution in [3.05, 3.63) is 47.0 Å². The molecule has 0 radical (unpaired) electrons. The first kappa shape index (κ1) is 41.7. The fraction of sp³-hybridized carbons (Fsp3) is 0.478. The third-order valence-electron chi connectivity index (χ3n) is 6.96. The summed E-state index contributed by atoms with van der Waals surface area (Å²) in [5.41, 5.74) is -11.5. The van der Waals surface area contributed by atoms with Crippen LogP contribution in [-0.2, 0) is 13.4 Å². The normalized spacial score (nSPS) is 17.4. The molecule has 0 N–H and O–H groups in total. The van der Waals surface area contributed by atoms with Crippen LogP contribution in [0, 0.1) is 25.5 Å². The number of fused-ring (bicyclic) bond motifs is 3. The van der Waals surface area contributed by atoms with E-state index in [1.165, 1.54) is 0 Å². The molecule has 3 nitrogen and oxygen atoms in total. The molecule has 50 heavy (non-hydrogen) atoms. The van der Waals surface area contributed by atoms with Gasteiger partial charge in [-0.05, 0) is 0 Å². The fourth-order valence-electron chi connectivity index (χ4n) is 4.24. The Labute approximate surface area is 264 Å². The fourth-order valence-corrected chi connectivity index (χ4v) is 14.3. The molecule has 286 valence electrons. The van der Waals surface area contributed by atoms with Crippen LogP contribution in [0.1, 0.15) is 11.1 Å². The summed E-state index contributed by atoms with van der Waals surface area (Å²) in [7, 11) is -8.00. The van der Waals surface area contributed by atoms with Crippen LogP contribution in [0.25, 0.3) is 11.1 Å². The van der Waals surface area contributed by atoms with E-state index in [2.05, 4.69) is 3.27 Å². The maximum atomic E-state index is 16.2. The van der Waals surface area contributed by atoms with Crippen LogP contribution in [-0.4, -0.2) is 73.6 Å². The summed E-state index contributed by atoms with van der Waals surface area (Å²) in [6.07, 6.45) is -8.07. The van der Waals surface area contributed by atoms with Gasteiger partial charge in [0.2, 0.25) is 0 Å². The third kappa shape index (κ3) is 5.09. The average Bonchev–Trinajstić information content (AvgIpc) is 3.15. The minimum atomic E-state index is -9.21. The number of rotatable bonds is 9. The van der Waals surface area contributed by atoms with Crippen molar-refractivity contribution in [2.75, 3.05) is 0 Å². The van der Waals surface area contributed by atoms with E-state index in [0.717, 1.165) is 0 Å². The zero-order valence-electron chi connectivity index (χ0n) is 23.2. The number of hydrogen-bond donors (Lipinski definition) is 0. The van der Waals surface area contributed by atoms with E-state index in [9.17, 15) is 87.4 Å². The predicted molar refractivity (Wildman–Crippen MR) is 123 cm³/mol. The molecule has 2 aromatic rings. The average molecular weight is 863 g/mol. The number of hydrogen-bond acceptors (Lipinski definition) is 3. The summed E-state index contributed by atoms with van der Waals surface area (Å²) < 4.78 is 333. The maximum absolute atomic E-state index is 16.2. The molecule has 0 fully saturated rings. The number of halogens is 22. The summed E-state index contributed by atoms with van der Waals surface area (Å²) in [5, 5.41) is 0. The van der Waals surface area contributed by atoms with Crippen LogP contribution < -0.4 is 8.92 Å². The van der Waals surface area contributed by atoms with E-state index in [-0.39, 0.29) is 12.1 Å². The molecular formula is C23H10F22O3SSe. The third-order valence-corrected chi connectivity index (χ3v) is 16.4. The monoisotopic (exact) mass is 864 g/mol. The Morgan fingerprint density at radius 3 is 1.10 bits per heavy atom. The van der Waals surface area contributed by atoms with Crippen molar-refractivity contribution in [2.24, 2.45) is 0 Å². The second kappa shape index (κ2) is 11.2. The van der Waals surface area contributed by atoms with Gasteiger partial charge in [0, 0.05) is 0 Å². The minimum absolute atomic E-state index is 0.193. The van der Waals surface area contributed by atoms with Gasteiger partial charge in [-0.15, -0.1) is 0 Å². The molecule has 0 saturated heterocycles. The first-order chi connectivity index (χ1) is 21.8. The van der Waals surface area contributed by atoms with Crippen molar-refractivity contribution in [2.45, 2.75) is 65.9 Å². The Morgan fingerprint density at radius 2 is 0.800 bits per heavy atom. The molecule has 0 atom stereocenters. The molecular weight excluding hydrogens is 853 g/mol. The first-order valence-electron chi connectivity index (χ1n) is 12.0. The first-order valence-corrected chi connectivity index (χ1v) is 16.6. The zero-order valence-corrected chi connectivity index (χ0v) is 25.7. The van der Waals surface area contributed by atoms with Gasteiger partial charge in [-0.25, -0.2) is 0 Å². The van der Waals surface area contributed by atoms with Gasteiger partial charge < -0.3 is 0 Å². The molecule has 0 aliphatic carbocycles. The van der Waals surface area contributed by atoms with Crippen LogP contribution in [0.4, 0.5) is 96.6 Å². The summed E-state index contributed by atoms with van der Waals surface area (Å²) in [5.74, 6) is -57.8. The van der Waals surface area contributed by atoms with E-state index >= 15 is 17.6 Å². The van der Waals surface area contributed by atoms with Crippen molar-refractivity contribution in [1.82, 2.24) is 0 Å². The van der Waals surface area contributed by atoms with Gasteiger partial charge in [0.25, 0.3) is 0 Å². The van der Waals surface area contributed by atoms with Crippen molar-refractivity contribution in [1.29, 1.82) is 0 Å². The number of benzene rings is 2. The Kier molecular flexibility index (Phi) is 9.32. The molecule has 0 amide bonds. The molecule has 1 heterocycles. The quantitative estimate of drug-likeness (QED) is 0.146. The molecule has 0 spiro atoms. The predicted octanol–water partition coefficient (Wildman–Crippen LogP) is 8.04. The van der Waals surface area contributed by atoms with E-state index < -0.39 is 130 Å². The van der Waals surface area contributed by atoms with E-state index in [1.54, 1.807) is 0 Å². The van der Waals surface area contributed by atoms with Gasteiger partial charge >= 0.3 is 265 Å². The van der Waals surface area contributed by atoms with Gasteiger partial charge in [-0.1, -0.05) is 0 Å². The second-order valence-electron chi connectivity index (χ2n) is 10.2. The molecule has 3 rings (SSSR count). The Bertz CT molecular complexity index is 1750.